The van der Waals surface area contributed by atoms with Gasteiger partial charge in [0, 0.05) is 26.1 Å². The van der Waals surface area contributed by atoms with E-state index in [0.29, 0.717) is 13.1 Å². The van der Waals surface area contributed by atoms with Gasteiger partial charge in [-0.3, -0.25) is 9.59 Å². The van der Waals surface area contributed by atoms with Crippen LogP contribution in [0.15, 0.2) is 0 Å². The summed E-state index contributed by atoms with van der Waals surface area (Å²) in [7, 11) is 1.34. The summed E-state index contributed by atoms with van der Waals surface area (Å²) in [6.07, 6.45) is 2.82. The largest absolute Gasteiger partial charge is 0.469 e. The average Bonchev–Trinajstić information content (AvgIpc) is 2.65. The molecule has 1 rings (SSSR count). The van der Waals surface area contributed by atoms with Gasteiger partial charge in [-0.1, -0.05) is 0 Å². The molecule has 0 spiro atoms. The van der Waals surface area contributed by atoms with Crippen LogP contribution in [0.5, 0.6) is 0 Å². The van der Waals surface area contributed by atoms with Crippen LogP contribution in [0.3, 0.4) is 0 Å². The number of carbonyl (C=O) groups excluding carboxylic acids is 2. The zero-order valence-electron chi connectivity index (χ0n) is 9.65. The van der Waals surface area contributed by atoms with Gasteiger partial charge in [0.05, 0.1) is 13.0 Å². The van der Waals surface area contributed by atoms with Crippen molar-refractivity contribution in [2.75, 3.05) is 26.8 Å². The first-order valence-corrected chi connectivity index (χ1v) is 5.65. The Morgan fingerprint density at radius 3 is 2.88 bits per heavy atom. The molecule has 0 aliphatic carbocycles. The zero-order valence-corrected chi connectivity index (χ0v) is 9.65. The molecular weight excluding hydrogens is 210 g/mol. The highest BCUT2D eigenvalue weighted by molar-refractivity contribution is 5.86. The maximum atomic E-state index is 11.5. The molecule has 5 nitrogen and oxygen atoms in total. The van der Waals surface area contributed by atoms with Gasteiger partial charge >= 0.3 is 5.97 Å². The van der Waals surface area contributed by atoms with E-state index in [2.05, 4.69) is 4.74 Å². The van der Waals surface area contributed by atoms with Gasteiger partial charge in [-0.2, -0.15) is 0 Å². The molecule has 1 aliphatic rings. The molecule has 92 valence electrons. The van der Waals surface area contributed by atoms with Gasteiger partial charge in [0.25, 0.3) is 0 Å². The summed E-state index contributed by atoms with van der Waals surface area (Å²) in [6, 6.07) is 0. The fraction of sp³-hybridized carbons (Fsp3) is 0.818. The highest BCUT2D eigenvalue weighted by atomic mass is 16.5. The van der Waals surface area contributed by atoms with Crippen molar-refractivity contribution in [3.8, 4) is 0 Å². The van der Waals surface area contributed by atoms with Gasteiger partial charge in [0.2, 0.25) is 5.91 Å². The summed E-state index contributed by atoms with van der Waals surface area (Å²) >= 11 is 0. The fourth-order valence-electron chi connectivity index (χ4n) is 1.90. The van der Waals surface area contributed by atoms with E-state index in [1.165, 1.54) is 7.11 Å². The number of rotatable bonds is 6. The maximum Gasteiger partial charge on any atom is 0.310 e. The lowest BCUT2D eigenvalue weighted by Crippen LogP contribution is -2.27. The van der Waals surface area contributed by atoms with Crippen molar-refractivity contribution in [1.82, 2.24) is 4.90 Å². The first kappa shape index (κ1) is 13.0. The second-order valence-corrected chi connectivity index (χ2v) is 4.05. The van der Waals surface area contributed by atoms with E-state index < -0.39 is 0 Å². The van der Waals surface area contributed by atoms with Crippen molar-refractivity contribution in [3.63, 3.8) is 0 Å². The quantitative estimate of drug-likeness (QED) is 0.521. The number of hydrogen-bond acceptors (Lipinski definition) is 4. The summed E-state index contributed by atoms with van der Waals surface area (Å²) in [4.78, 5) is 24.5. The van der Waals surface area contributed by atoms with Crippen molar-refractivity contribution in [1.29, 1.82) is 0 Å². The van der Waals surface area contributed by atoms with E-state index in [9.17, 15) is 9.59 Å². The van der Waals surface area contributed by atoms with Crippen molar-refractivity contribution in [2.24, 2.45) is 5.92 Å². The Kier molecular flexibility index (Phi) is 5.25. The van der Waals surface area contributed by atoms with Crippen LogP contribution in [-0.4, -0.2) is 48.7 Å². The Labute approximate surface area is 95.4 Å². The predicted octanol–water partition coefficient (Wildman–Crippen LogP) is 0.170. The number of ether oxygens (including phenoxy) is 1. The maximum absolute atomic E-state index is 11.5. The van der Waals surface area contributed by atoms with E-state index in [1.807, 2.05) is 0 Å². The van der Waals surface area contributed by atoms with E-state index in [4.69, 9.17) is 5.11 Å². The lowest BCUT2D eigenvalue weighted by molar-refractivity contribution is -0.145. The van der Waals surface area contributed by atoms with Gasteiger partial charge in [0.1, 0.15) is 0 Å². The Morgan fingerprint density at radius 1 is 1.50 bits per heavy atom. The molecule has 1 saturated heterocycles. The van der Waals surface area contributed by atoms with Crippen LogP contribution in [0, 0.1) is 5.92 Å². The first-order valence-electron chi connectivity index (χ1n) is 5.65. The molecule has 1 fully saturated rings. The van der Waals surface area contributed by atoms with E-state index >= 15 is 0 Å². The Balaban J connectivity index is 2.28. The topological polar surface area (TPSA) is 66.8 Å². The monoisotopic (exact) mass is 229 g/mol. The standard InChI is InChI=1S/C11H19NO4/c1-16-11(15)9-7-10(14)12(8-9)5-3-2-4-6-13/h9,13H,2-8H2,1H3. The number of amides is 1. The average molecular weight is 229 g/mol. The molecule has 1 heterocycles. The minimum atomic E-state index is -0.300. The summed E-state index contributed by atoms with van der Waals surface area (Å²) in [6.45, 7) is 1.34. The molecule has 0 saturated carbocycles. The number of nitrogens with zero attached hydrogens (tertiary/aromatic N) is 1. The Morgan fingerprint density at radius 2 is 2.25 bits per heavy atom. The van der Waals surface area contributed by atoms with E-state index in [-0.39, 0.29) is 30.8 Å². The van der Waals surface area contributed by atoms with E-state index in [0.717, 1.165) is 19.3 Å². The normalized spacial score (nSPS) is 20.2. The molecule has 5 heteroatoms. The number of esters is 1. The first-order chi connectivity index (χ1) is 7.69. The van der Waals surface area contributed by atoms with E-state index in [1.54, 1.807) is 4.90 Å². The van der Waals surface area contributed by atoms with Crippen molar-refractivity contribution >= 4 is 11.9 Å². The molecule has 0 radical (unpaired) electrons. The van der Waals surface area contributed by atoms with Gasteiger partial charge in [-0.15, -0.1) is 0 Å². The van der Waals surface area contributed by atoms with Crippen LogP contribution in [-0.2, 0) is 14.3 Å². The minimum absolute atomic E-state index is 0.0272. The molecule has 1 atom stereocenters. The molecule has 0 aromatic rings. The highest BCUT2D eigenvalue weighted by Gasteiger charge is 2.34. The van der Waals surface area contributed by atoms with Crippen LogP contribution in [0.1, 0.15) is 25.7 Å². The Bertz CT molecular complexity index is 254. The number of aliphatic hydroxyl groups excluding tert-OH is 1. The third-order valence-corrected chi connectivity index (χ3v) is 2.84. The zero-order chi connectivity index (χ0) is 12.0. The highest BCUT2D eigenvalue weighted by Crippen LogP contribution is 2.19. The molecule has 0 aromatic heterocycles. The summed E-state index contributed by atoms with van der Waals surface area (Å²) < 4.78 is 4.62. The van der Waals surface area contributed by atoms with Crippen molar-refractivity contribution < 1.29 is 19.4 Å². The fourth-order valence-corrected chi connectivity index (χ4v) is 1.90. The predicted molar refractivity (Wildman–Crippen MR) is 57.6 cm³/mol. The number of hydrogen-bond donors (Lipinski definition) is 1. The smallest absolute Gasteiger partial charge is 0.310 e. The van der Waals surface area contributed by atoms with Gasteiger partial charge in [-0.25, -0.2) is 0 Å². The molecule has 16 heavy (non-hydrogen) atoms. The van der Waals surface area contributed by atoms with Crippen LogP contribution in [0.2, 0.25) is 0 Å². The Hall–Kier alpha value is -1.10. The second-order valence-electron chi connectivity index (χ2n) is 4.05. The number of likely N-dealkylation sites (tertiary alicyclic amines) is 1. The SMILES string of the molecule is COC(=O)C1CC(=O)N(CCCCCO)C1. The molecule has 1 aliphatic heterocycles. The van der Waals surface area contributed by atoms with Crippen molar-refractivity contribution in [2.45, 2.75) is 25.7 Å². The number of unbranched alkanes of at least 4 members (excludes halogenated alkanes) is 2. The summed E-state index contributed by atoms with van der Waals surface area (Å²) in [5.41, 5.74) is 0. The molecule has 1 N–H and O–H groups in total. The van der Waals surface area contributed by atoms with Crippen LogP contribution >= 0.6 is 0 Å². The second kappa shape index (κ2) is 6.48. The lowest BCUT2D eigenvalue weighted by atomic mass is 10.1. The molecule has 0 bridgehead atoms. The van der Waals surface area contributed by atoms with Gasteiger partial charge < -0.3 is 14.7 Å². The summed E-state index contributed by atoms with van der Waals surface area (Å²) in [5.74, 6) is -0.569. The summed E-state index contributed by atoms with van der Waals surface area (Å²) in [5, 5.41) is 8.62. The third kappa shape index (κ3) is 3.48. The third-order valence-electron chi connectivity index (χ3n) is 2.84. The number of carbonyl (C=O) groups is 2. The van der Waals surface area contributed by atoms with Gasteiger partial charge in [-0.05, 0) is 19.3 Å². The molecule has 0 aromatic carbocycles. The number of aliphatic hydroxyl groups is 1. The van der Waals surface area contributed by atoms with Gasteiger partial charge in [0.15, 0.2) is 0 Å². The van der Waals surface area contributed by atoms with Crippen molar-refractivity contribution in [3.05, 3.63) is 0 Å². The minimum Gasteiger partial charge on any atom is -0.469 e. The lowest BCUT2D eigenvalue weighted by Gasteiger charge is -2.15. The molecule has 1 unspecified atom stereocenters. The van der Waals surface area contributed by atoms with Crippen LogP contribution in [0.25, 0.3) is 0 Å². The van der Waals surface area contributed by atoms with Crippen LogP contribution in [0.4, 0.5) is 0 Å². The molecular formula is C11H19NO4. The molecule has 1 amide bonds. The van der Waals surface area contributed by atoms with Crippen LogP contribution < -0.4 is 0 Å². The number of methoxy groups -OCH3 is 1.